The number of hydrogen-bond donors (Lipinski definition) is 1. The number of Topliss-reactive ketones (excluding diaryl/α,β-unsaturated/α-hetero) is 1. The Bertz CT molecular complexity index is 434. The summed E-state index contributed by atoms with van der Waals surface area (Å²) in [6.45, 7) is 0. The molecule has 1 N–H and O–H groups in total. The average molecular weight is 275 g/mol. The van der Waals surface area contributed by atoms with Gasteiger partial charge >= 0.3 is 0 Å². The monoisotopic (exact) mass is 275 g/mol. The predicted molar refractivity (Wildman–Crippen MR) is 76.1 cm³/mol. The van der Waals surface area contributed by atoms with E-state index in [1.165, 1.54) is 38.5 Å². The predicted octanol–water partition coefficient (Wildman–Crippen LogP) is 2.97. The van der Waals surface area contributed by atoms with Gasteiger partial charge in [0, 0.05) is 18.4 Å². The highest BCUT2D eigenvalue weighted by molar-refractivity contribution is 5.93. The molecule has 0 heterocycles. The molecule has 0 saturated heterocycles. The summed E-state index contributed by atoms with van der Waals surface area (Å²) in [5.41, 5.74) is 0.250. The molecule has 1 spiro atoms. The van der Waals surface area contributed by atoms with Gasteiger partial charge in [-0.15, -0.1) is 0 Å². The summed E-state index contributed by atoms with van der Waals surface area (Å²) in [4.78, 5) is 24.6. The van der Waals surface area contributed by atoms with Crippen LogP contribution in [0.5, 0.6) is 0 Å². The fraction of sp³-hybridized carbons (Fsp3) is 0.882. The molecule has 5 rings (SSSR count). The van der Waals surface area contributed by atoms with E-state index in [0.29, 0.717) is 23.7 Å². The number of fused-ring (bicyclic) bond motifs is 3. The third-order valence-corrected chi connectivity index (χ3v) is 6.75. The van der Waals surface area contributed by atoms with Crippen LogP contribution in [0.1, 0.15) is 70.6 Å². The van der Waals surface area contributed by atoms with E-state index in [4.69, 9.17) is 0 Å². The van der Waals surface area contributed by atoms with Crippen molar-refractivity contribution in [1.29, 1.82) is 0 Å². The SMILES string of the molecule is O=C1CC2(C(=O)NC3CC4(CCCC4)C3)CCC1CC2. The first-order valence-electron chi connectivity index (χ1n) is 8.45. The van der Waals surface area contributed by atoms with E-state index in [-0.39, 0.29) is 17.2 Å². The highest BCUT2D eigenvalue weighted by Gasteiger charge is 2.52. The van der Waals surface area contributed by atoms with Gasteiger partial charge in [-0.1, -0.05) is 12.8 Å². The summed E-state index contributed by atoms with van der Waals surface area (Å²) in [6.07, 6.45) is 12.1. The zero-order chi connectivity index (χ0) is 13.8. The molecule has 3 nitrogen and oxygen atoms in total. The maximum Gasteiger partial charge on any atom is 0.226 e. The number of rotatable bonds is 2. The zero-order valence-corrected chi connectivity index (χ0v) is 12.2. The van der Waals surface area contributed by atoms with Crippen LogP contribution in [-0.2, 0) is 9.59 Å². The molecule has 0 unspecified atom stereocenters. The molecule has 5 fully saturated rings. The number of nitrogens with one attached hydrogen (secondary N) is 1. The number of amides is 1. The topological polar surface area (TPSA) is 46.2 Å². The second-order valence-corrected chi connectivity index (χ2v) is 7.98. The molecule has 0 aromatic heterocycles. The van der Waals surface area contributed by atoms with Gasteiger partial charge in [0.25, 0.3) is 0 Å². The first kappa shape index (κ1) is 12.8. The summed E-state index contributed by atoms with van der Waals surface area (Å²) < 4.78 is 0. The van der Waals surface area contributed by atoms with Crippen LogP contribution < -0.4 is 5.32 Å². The van der Waals surface area contributed by atoms with Crippen molar-refractivity contribution >= 4 is 11.7 Å². The quantitative estimate of drug-likeness (QED) is 0.842. The van der Waals surface area contributed by atoms with Crippen molar-refractivity contribution in [3.8, 4) is 0 Å². The van der Waals surface area contributed by atoms with Crippen molar-refractivity contribution in [2.45, 2.75) is 76.7 Å². The third kappa shape index (κ3) is 1.85. The minimum Gasteiger partial charge on any atom is -0.353 e. The smallest absolute Gasteiger partial charge is 0.226 e. The Balaban J connectivity index is 1.37. The second kappa shape index (κ2) is 4.32. The second-order valence-electron chi connectivity index (χ2n) is 7.98. The number of carbonyl (C=O) groups is 2. The fourth-order valence-electron chi connectivity index (χ4n) is 5.41. The Morgan fingerprint density at radius 2 is 1.70 bits per heavy atom. The van der Waals surface area contributed by atoms with Crippen LogP contribution in [0.4, 0.5) is 0 Å². The molecular weight excluding hydrogens is 250 g/mol. The molecule has 2 bridgehead atoms. The largest absolute Gasteiger partial charge is 0.353 e. The van der Waals surface area contributed by atoms with Gasteiger partial charge in [0.15, 0.2) is 0 Å². The van der Waals surface area contributed by atoms with E-state index in [1.54, 1.807) is 0 Å². The van der Waals surface area contributed by atoms with E-state index in [2.05, 4.69) is 5.32 Å². The highest BCUT2D eigenvalue weighted by atomic mass is 16.2. The third-order valence-electron chi connectivity index (χ3n) is 6.75. The summed E-state index contributed by atoms with van der Waals surface area (Å²) in [7, 11) is 0. The lowest BCUT2D eigenvalue weighted by molar-refractivity contribution is -0.148. The van der Waals surface area contributed by atoms with Crippen LogP contribution in [0.25, 0.3) is 0 Å². The molecule has 0 radical (unpaired) electrons. The minimum atomic E-state index is -0.329. The first-order chi connectivity index (χ1) is 9.61. The molecule has 5 aliphatic rings. The summed E-state index contributed by atoms with van der Waals surface area (Å²) in [6, 6.07) is 0.393. The van der Waals surface area contributed by atoms with Gasteiger partial charge in [-0.05, 0) is 56.8 Å². The molecule has 0 aromatic carbocycles. The molecule has 0 aliphatic heterocycles. The van der Waals surface area contributed by atoms with Crippen molar-refractivity contribution in [3.05, 3.63) is 0 Å². The normalized spacial score (nSPS) is 39.0. The number of hydrogen-bond acceptors (Lipinski definition) is 2. The molecule has 5 aliphatic carbocycles. The number of carbonyl (C=O) groups excluding carboxylic acids is 2. The summed E-state index contributed by atoms with van der Waals surface area (Å²) in [5.74, 6) is 0.815. The van der Waals surface area contributed by atoms with Gasteiger partial charge in [-0.2, -0.15) is 0 Å². The summed E-state index contributed by atoms with van der Waals surface area (Å²) in [5, 5.41) is 3.28. The Labute approximate surface area is 120 Å². The van der Waals surface area contributed by atoms with Gasteiger partial charge in [0.1, 0.15) is 5.78 Å². The Morgan fingerprint density at radius 3 is 2.30 bits per heavy atom. The molecule has 1 amide bonds. The lowest BCUT2D eigenvalue weighted by atomic mass is 9.59. The van der Waals surface area contributed by atoms with Crippen molar-refractivity contribution in [3.63, 3.8) is 0 Å². The maximum absolute atomic E-state index is 12.7. The van der Waals surface area contributed by atoms with E-state index in [0.717, 1.165) is 25.7 Å². The molecule has 110 valence electrons. The minimum absolute atomic E-state index is 0.196. The lowest BCUT2D eigenvalue weighted by Gasteiger charge is -2.49. The highest BCUT2D eigenvalue weighted by Crippen LogP contribution is 2.54. The van der Waals surface area contributed by atoms with Gasteiger partial charge in [-0.3, -0.25) is 9.59 Å². The molecule has 5 saturated carbocycles. The van der Waals surface area contributed by atoms with E-state index in [1.807, 2.05) is 0 Å². The molecule has 3 heteroatoms. The number of ketones is 1. The van der Waals surface area contributed by atoms with E-state index < -0.39 is 0 Å². The molecule has 0 atom stereocenters. The van der Waals surface area contributed by atoms with Crippen LogP contribution in [0, 0.1) is 16.7 Å². The Kier molecular flexibility index (Phi) is 2.77. The van der Waals surface area contributed by atoms with Gasteiger partial charge < -0.3 is 5.32 Å². The van der Waals surface area contributed by atoms with Crippen molar-refractivity contribution in [2.75, 3.05) is 0 Å². The molecule has 0 aromatic rings. The Hall–Kier alpha value is -0.860. The van der Waals surface area contributed by atoms with Gasteiger partial charge in [0.2, 0.25) is 5.91 Å². The van der Waals surface area contributed by atoms with Crippen molar-refractivity contribution in [1.82, 2.24) is 5.32 Å². The fourth-order valence-corrected chi connectivity index (χ4v) is 5.41. The van der Waals surface area contributed by atoms with E-state index >= 15 is 0 Å². The van der Waals surface area contributed by atoms with Crippen molar-refractivity contribution < 1.29 is 9.59 Å². The zero-order valence-electron chi connectivity index (χ0n) is 12.2. The molecular formula is C17H25NO2. The first-order valence-corrected chi connectivity index (χ1v) is 8.45. The van der Waals surface area contributed by atoms with Crippen LogP contribution in [0.3, 0.4) is 0 Å². The van der Waals surface area contributed by atoms with Crippen molar-refractivity contribution in [2.24, 2.45) is 16.7 Å². The van der Waals surface area contributed by atoms with Crippen LogP contribution >= 0.6 is 0 Å². The van der Waals surface area contributed by atoms with Gasteiger partial charge in [-0.25, -0.2) is 0 Å². The van der Waals surface area contributed by atoms with E-state index in [9.17, 15) is 9.59 Å². The van der Waals surface area contributed by atoms with Crippen LogP contribution in [0.15, 0.2) is 0 Å². The van der Waals surface area contributed by atoms with Gasteiger partial charge in [0.05, 0.1) is 5.41 Å². The maximum atomic E-state index is 12.7. The molecule has 20 heavy (non-hydrogen) atoms. The average Bonchev–Trinajstić information content (AvgIpc) is 2.89. The Morgan fingerprint density at radius 1 is 1.05 bits per heavy atom. The summed E-state index contributed by atoms with van der Waals surface area (Å²) >= 11 is 0. The van der Waals surface area contributed by atoms with Crippen LogP contribution in [0.2, 0.25) is 0 Å². The standard InChI is InChI=1S/C17H25NO2/c19-14-11-17(7-3-12(14)4-8-17)15(20)18-13-9-16(10-13)5-1-2-6-16/h12-13H,1-11H2,(H,18,20). The lowest BCUT2D eigenvalue weighted by Crippen LogP contribution is -2.56. The van der Waals surface area contributed by atoms with Crippen LogP contribution in [-0.4, -0.2) is 17.7 Å².